The fraction of sp³-hybridized carbons (Fsp3) is 0.867. The van der Waals surface area contributed by atoms with Crippen LogP contribution in [0.5, 0.6) is 0 Å². The summed E-state index contributed by atoms with van der Waals surface area (Å²) < 4.78 is 4.59. The molecule has 0 aromatic rings. The second kappa shape index (κ2) is 8.95. The summed E-state index contributed by atoms with van der Waals surface area (Å²) in [6.07, 6.45) is 5.96. The quantitative estimate of drug-likeness (QED) is 0.740. The van der Waals surface area contributed by atoms with E-state index in [1.54, 1.807) is 11.8 Å². The Bertz CT molecular complexity index is 306. The normalized spacial score (nSPS) is 20.9. The van der Waals surface area contributed by atoms with Gasteiger partial charge in [0.25, 0.3) is 0 Å². The summed E-state index contributed by atoms with van der Waals surface area (Å²) in [6, 6.07) is 0. The Morgan fingerprint density at radius 1 is 1.00 bits per heavy atom. The number of ether oxygens (including phenoxy) is 1. The van der Waals surface area contributed by atoms with Gasteiger partial charge in [-0.2, -0.15) is 0 Å². The van der Waals surface area contributed by atoms with E-state index in [-0.39, 0.29) is 6.09 Å². The van der Waals surface area contributed by atoms with E-state index in [9.17, 15) is 9.59 Å². The van der Waals surface area contributed by atoms with Crippen molar-refractivity contribution in [3.8, 4) is 0 Å². The Morgan fingerprint density at radius 3 is 1.95 bits per heavy atom. The molecular weight excluding hydrogens is 256 g/mol. The fourth-order valence-electron chi connectivity index (χ4n) is 2.63. The molecule has 0 N–H and O–H groups in total. The lowest BCUT2D eigenvalue weighted by Crippen LogP contribution is -2.47. The highest BCUT2D eigenvalue weighted by molar-refractivity contribution is 5.78. The molecule has 1 saturated heterocycles. The predicted octanol–water partition coefficient (Wildman–Crippen LogP) is 2.16. The molecule has 2 fully saturated rings. The molecule has 0 aromatic carbocycles. The van der Waals surface area contributed by atoms with Gasteiger partial charge in [0.15, 0.2) is 0 Å². The molecule has 1 aliphatic carbocycles. The number of amides is 1. The standard InChI is InChI=1S/C8H14O.C7H14N2O2/c1-7(9)8-5-3-2-4-6-8;1-8-3-5-9(6-4-8)7(10)11-2/h8H,2-6H2,1H3;3-6H2,1-2H3. The molecule has 0 atom stereocenters. The number of hydrogen-bond acceptors (Lipinski definition) is 4. The highest BCUT2D eigenvalue weighted by Gasteiger charge is 2.18. The zero-order valence-corrected chi connectivity index (χ0v) is 13.1. The second-order valence-electron chi connectivity index (χ2n) is 5.71. The molecule has 5 heteroatoms. The maximum absolute atomic E-state index is 11.0. The van der Waals surface area contributed by atoms with Gasteiger partial charge in [0, 0.05) is 32.1 Å². The van der Waals surface area contributed by atoms with Gasteiger partial charge in [0.05, 0.1) is 7.11 Å². The first-order valence-electron chi connectivity index (χ1n) is 7.56. The monoisotopic (exact) mass is 284 g/mol. The Kier molecular flexibility index (Phi) is 7.59. The van der Waals surface area contributed by atoms with E-state index in [1.807, 2.05) is 0 Å². The van der Waals surface area contributed by atoms with E-state index >= 15 is 0 Å². The van der Waals surface area contributed by atoms with E-state index in [2.05, 4.69) is 16.7 Å². The van der Waals surface area contributed by atoms with Gasteiger partial charge in [-0.1, -0.05) is 19.3 Å². The highest BCUT2D eigenvalue weighted by Crippen LogP contribution is 2.23. The van der Waals surface area contributed by atoms with Crippen LogP contribution in [0.1, 0.15) is 39.0 Å². The smallest absolute Gasteiger partial charge is 0.409 e. The molecule has 1 aliphatic heterocycles. The number of rotatable bonds is 1. The number of methoxy groups -OCH3 is 1. The second-order valence-corrected chi connectivity index (χ2v) is 5.71. The van der Waals surface area contributed by atoms with Gasteiger partial charge < -0.3 is 14.5 Å². The van der Waals surface area contributed by atoms with Crippen LogP contribution in [0.15, 0.2) is 0 Å². The maximum Gasteiger partial charge on any atom is 0.409 e. The van der Waals surface area contributed by atoms with Gasteiger partial charge >= 0.3 is 6.09 Å². The van der Waals surface area contributed by atoms with Crippen LogP contribution < -0.4 is 0 Å². The summed E-state index contributed by atoms with van der Waals surface area (Å²) in [4.78, 5) is 25.7. The number of Topliss-reactive ketones (excluding diaryl/α,β-unsaturated/α-hetero) is 1. The van der Waals surface area contributed by atoms with Crippen molar-refractivity contribution in [2.24, 2.45) is 5.92 Å². The molecule has 1 amide bonds. The molecule has 0 unspecified atom stereocenters. The molecule has 2 rings (SSSR count). The minimum atomic E-state index is -0.210. The lowest BCUT2D eigenvalue weighted by atomic mass is 9.87. The summed E-state index contributed by atoms with van der Waals surface area (Å²) in [5, 5.41) is 0. The molecule has 1 saturated carbocycles. The first-order chi connectivity index (χ1) is 9.54. The maximum atomic E-state index is 11.0. The lowest BCUT2D eigenvalue weighted by molar-refractivity contribution is -0.121. The van der Waals surface area contributed by atoms with Gasteiger partial charge in [0.2, 0.25) is 0 Å². The summed E-state index contributed by atoms with van der Waals surface area (Å²) in [6.45, 7) is 5.16. The summed E-state index contributed by atoms with van der Waals surface area (Å²) >= 11 is 0. The first-order valence-corrected chi connectivity index (χ1v) is 7.56. The molecule has 0 spiro atoms. The average Bonchev–Trinajstić information content (AvgIpc) is 2.49. The van der Waals surface area contributed by atoms with Crippen molar-refractivity contribution < 1.29 is 14.3 Å². The number of carbonyl (C=O) groups is 2. The Morgan fingerprint density at radius 2 is 1.55 bits per heavy atom. The minimum absolute atomic E-state index is 0.210. The van der Waals surface area contributed by atoms with Gasteiger partial charge in [0.1, 0.15) is 5.78 Å². The number of likely N-dealkylation sites (N-methyl/N-ethyl adjacent to an activating group) is 1. The van der Waals surface area contributed by atoms with Gasteiger partial charge in [-0.15, -0.1) is 0 Å². The number of carbonyl (C=O) groups excluding carboxylic acids is 2. The van der Waals surface area contributed by atoms with Crippen LogP contribution in [0.4, 0.5) is 4.79 Å². The summed E-state index contributed by atoms with van der Waals surface area (Å²) in [7, 11) is 3.47. The van der Waals surface area contributed by atoms with E-state index in [0.29, 0.717) is 11.7 Å². The van der Waals surface area contributed by atoms with Crippen molar-refractivity contribution in [2.75, 3.05) is 40.3 Å². The molecule has 0 aromatic heterocycles. The van der Waals surface area contributed by atoms with Gasteiger partial charge in [-0.3, -0.25) is 4.79 Å². The third kappa shape index (κ3) is 5.90. The third-order valence-electron chi connectivity index (χ3n) is 4.12. The van der Waals surface area contributed by atoms with Gasteiger partial charge in [-0.25, -0.2) is 4.79 Å². The first kappa shape index (κ1) is 17.0. The van der Waals surface area contributed by atoms with Gasteiger partial charge in [-0.05, 0) is 26.8 Å². The Labute approximate surface area is 122 Å². The topological polar surface area (TPSA) is 49.9 Å². The SMILES string of the molecule is CC(=O)C1CCCCC1.COC(=O)N1CCN(C)CC1. The molecule has 1 heterocycles. The van der Waals surface area contributed by atoms with Crippen molar-refractivity contribution in [1.82, 2.24) is 9.80 Å². The zero-order valence-electron chi connectivity index (χ0n) is 13.1. The van der Waals surface area contributed by atoms with Crippen LogP contribution in [-0.4, -0.2) is 62.0 Å². The van der Waals surface area contributed by atoms with Crippen molar-refractivity contribution in [1.29, 1.82) is 0 Å². The molecule has 2 aliphatic rings. The molecule has 5 nitrogen and oxygen atoms in total. The molecule has 0 bridgehead atoms. The summed E-state index contributed by atoms with van der Waals surface area (Å²) in [5.74, 6) is 0.813. The molecule has 0 radical (unpaired) electrons. The van der Waals surface area contributed by atoms with Crippen LogP contribution in [0.3, 0.4) is 0 Å². The predicted molar refractivity (Wildman–Crippen MR) is 78.7 cm³/mol. The summed E-state index contributed by atoms with van der Waals surface area (Å²) in [5.41, 5.74) is 0. The van der Waals surface area contributed by atoms with Crippen molar-refractivity contribution >= 4 is 11.9 Å². The highest BCUT2D eigenvalue weighted by atomic mass is 16.5. The average molecular weight is 284 g/mol. The molecular formula is C15H28N2O3. The van der Waals surface area contributed by atoms with E-state index in [0.717, 1.165) is 39.0 Å². The number of ketones is 1. The van der Waals surface area contributed by atoms with E-state index in [1.165, 1.54) is 26.4 Å². The number of nitrogens with zero attached hydrogens (tertiary/aromatic N) is 2. The van der Waals surface area contributed by atoms with E-state index < -0.39 is 0 Å². The minimum Gasteiger partial charge on any atom is -0.453 e. The van der Waals surface area contributed by atoms with Crippen molar-refractivity contribution in [3.05, 3.63) is 0 Å². The lowest BCUT2D eigenvalue weighted by Gasteiger charge is -2.31. The van der Waals surface area contributed by atoms with Crippen LogP contribution in [0.2, 0.25) is 0 Å². The van der Waals surface area contributed by atoms with Crippen LogP contribution in [0, 0.1) is 5.92 Å². The van der Waals surface area contributed by atoms with Crippen LogP contribution in [0.25, 0.3) is 0 Å². The largest absolute Gasteiger partial charge is 0.453 e. The number of piperazine rings is 1. The van der Waals surface area contributed by atoms with Crippen molar-refractivity contribution in [3.63, 3.8) is 0 Å². The third-order valence-corrected chi connectivity index (χ3v) is 4.12. The van der Waals surface area contributed by atoms with E-state index in [4.69, 9.17) is 0 Å². The molecule has 116 valence electrons. The fourth-order valence-corrected chi connectivity index (χ4v) is 2.63. The van der Waals surface area contributed by atoms with Crippen molar-refractivity contribution in [2.45, 2.75) is 39.0 Å². The van der Waals surface area contributed by atoms with Crippen LogP contribution in [-0.2, 0) is 9.53 Å². The molecule has 20 heavy (non-hydrogen) atoms. The Balaban J connectivity index is 0.000000204. The van der Waals surface area contributed by atoms with Crippen LogP contribution >= 0.6 is 0 Å². The number of hydrogen-bond donors (Lipinski definition) is 0. The Hall–Kier alpha value is -1.10. The zero-order chi connectivity index (χ0) is 15.0.